The third-order valence-corrected chi connectivity index (χ3v) is 2.75. The topological polar surface area (TPSA) is 35.5 Å². The molecule has 15 heavy (non-hydrogen) atoms. The lowest BCUT2D eigenvalue weighted by atomic mass is 9.76. The summed E-state index contributed by atoms with van der Waals surface area (Å²) in [6.07, 6.45) is 3.68. The fraction of sp³-hybridized carbons (Fsp3) is 0.917. The number of carbonyl (C=O) groups excluding carboxylic acids is 1. The van der Waals surface area contributed by atoms with Crippen LogP contribution in [-0.2, 0) is 9.47 Å². The summed E-state index contributed by atoms with van der Waals surface area (Å²) in [5.41, 5.74) is 0.293. The highest BCUT2D eigenvalue weighted by molar-refractivity contribution is 5.60. The van der Waals surface area contributed by atoms with Crippen molar-refractivity contribution in [3.63, 3.8) is 0 Å². The second kappa shape index (κ2) is 4.86. The smallest absolute Gasteiger partial charge is 0.432 e. The molecule has 0 bridgehead atoms. The second-order valence-corrected chi connectivity index (χ2v) is 5.42. The van der Waals surface area contributed by atoms with Crippen molar-refractivity contribution in [2.24, 2.45) is 5.41 Å². The predicted octanol–water partition coefficient (Wildman–Crippen LogP) is 3.52. The normalized spacial score (nSPS) is 25.0. The quantitative estimate of drug-likeness (QED) is 0.660. The molecule has 1 fully saturated rings. The monoisotopic (exact) mass is 214 g/mol. The molecule has 1 unspecified atom stereocenters. The van der Waals surface area contributed by atoms with Crippen LogP contribution in [0.25, 0.3) is 0 Å². The maximum Gasteiger partial charge on any atom is 0.508 e. The summed E-state index contributed by atoms with van der Waals surface area (Å²) in [6.45, 7) is 8.09. The second-order valence-electron chi connectivity index (χ2n) is 5.42. The molecule has 0 spiro atoms. The minimum absolute atomic E-state index is 0.0417. The van der Waals surface area contributed by atoms with Gasteiger partial charge in [0.05, 0.1) is 6.10 Å². The Balaban J connectivity index is 2.35. The Kier molecular flexibility index (Phi) is 4.00. The summed E-state index contributed by atoms with van der Waals surface area (Å²) in [6, 6.07) is 0. The number of rotatable bonds is 2. The molecule has 3 nitrogen and oxygen atoms in total. The summed E-state index contributed by atoms with van der Waals surface area (Å²) in [5, 5.41) is 0. The first kappa shape index (κ1) is 12.3. The molecular weight excluding hydrogens is 192 g/mol. The van der Waals surface area contributed by atoms with Gasteiger partial charge in [0.2, 0.25) is 0 Å². The van der Waals surface area contributed by atoms with Gasteiger partial charge in [-0.15, -0.1) is 0 Å². The average Bonchev–Trinajstić information content (AvgIpc) is 1.99. The summed E-state index contributed by atoms with van der Waals surface area (Å²) < 4.78 is 10.2. The molecule has 0 heterocycles. The third-order valence-electron chi connectivity index (χ3n) is 2.75. The first-order valence-corrected chi connectivity index (χ1v) is 5.76. The van der Waals surface area contributed by atoms with Gasteiger partial charge in [-0.1, -0.05) is 13.8 Å². The Labute approximate surface area is 92.1 Å². The zero-order valence-corrected chi connectivity index (χ0v) is 10.2. The van der Waals surface area contributed by atoms with E-state index in [1.807, 2.05) is 13.8 Å². The van der Waals surface area contributed by atoms with Crippen LogP contribution >= 0.6 is 0 Å². The van der Waals surface area contributed by atoms with Gasteiger partial charge in [-0.3, -0.25) is 0 Å². The van der Waals surface area contributed by atoms with Crippen molar-refractivity contribution < 1.29 is 14.3 Å². The van der Waals surface area contributed by atoms with Crippen LogP contribution in [0.2, 0.25) is 0 Å². The van der Waals surface area contributed by atoms with Gasteiger partial charge >= 0.3 is 6.16 Å². The average molecular weight is 214 g/mol. The molecule has 1 atom stereocenters. The number of hydrogen-bond acceptors (Lipinski definition) is 3. The lowest BCUT2D eigenvalue weighted by Gasteiger charge is -2.34. The molecule has 0 radical (unpaired) electrons. The van der Waals surface area contributed by atoms with Crippen molar-refractivity contribution in [3.8, 4) is 0 Å². The van der Waals surface area contributed by atoms with Crippen LogP contribution in [0.15, 0.2) is 0 Å². The molecule has 0 N–H and O–H groups in total. The molecule has 0 aromatic carbocycles. The van der Waals surface area contributed by atoms with Crippen LogP contribution in [-0.4, -0.2) is 18.4 Å². The van der Waals surface area contributed by atoms with E-state index in [0.717, 1.165) is 19.3 Å². The highest BCUT2D eigenvalue weighted by Gasteiger charge is 2.30. The minimum Gasteiger partial charge on any atom is -0.432 e. The Bertz CT molecular complexity index is 221. The zero-order chi connectivity index (χ0) is 11.5. The largest absolute Gasteiger partial charge is 0.508 e. The van der Waals surface area contributed by atoms with Crippen molar-refractivity contribution in [3.05, 3.63) is 0 Å². The number of ether oxygens (including phenoxy) is 2. The van der Waals surface area contributed by atoms with E-state index < -0.39 is 6.16 Å². The lowest BCUT2D eigenvalue weighted by molar-refractivity contribution is -0.0198. The van der Waals surface area contributed by atoms with Crippen molar-refractivity contribution in [1.82, 2.24) is 0 Å². The van der Waals surface area contributed by atoms with E-state index >= 15 is 0 Å². The van der Waals surface area contributed by atoms with E-state index in [1.54, 1.807) is 0 Å². The highest BCUT2D eigenvalue weighted by Crippen LogP contribution is 2.36. The van der Waals surface area contributed by atoms with Crippen molar-refractivity contribution in [2.75, 3.05) is 0 Å². The highest BCUT2D eigenvalue weighted by atomic mass is 16.7. The maximum atomic E-state index is 11.3. The molecule has 1 rings (SSSR count). The van der Waals surface area contributed by atoms with Crippen LogP contribution in [0.3, 0.4) is 0 Å². The molecule has 0 aromatic heterocycles. The Morgan fingerprint density at radius 3 is 2.60 bits per heavy atom. The van der Waals surface area contributed by atoms with Gasteiger partial charge in [0.1, 0.15) is 6.10 Å². The van der Waals surface area contributed by atoms with Gasteiger partial charge < -0.3 is 9.47 Å². The molecular formula is C12H22O3. The standard InChI is InChI=1S/C12H22O3/c1-9(2)14-11(13)15-10-6-5-7-12(3,4)8-10/h9-10H,5-8H2,1-4H3. The van der Waals surface area contributed by atoms with E-state index in [9.17, 15) is 4.79 Å². The Morgan fingerprint density at radius 2 is 2.07 bits per heavy atom. The van der Waals surface area contributed by atoms with Gasteiger partial charge in [-0.25, -0.2) is 4.79 Å². The van der Waals surface area contributed by atoms with E-state index in [1.165, 1.54) is 6.42 Å². The fourth-order valence-corrected chi connectivity index (χ4v) is 2.09. The van der Waals surface area contributed by atoms with E-state index in [-0.39, 0.29) is 12.2 Å². The SMILES string of the molecule is CC(C)OC(=O)OC1CCCC(C)(C)C1. The summed E-state index contributed by atoms with van der Waals surface area (Å²) >= 11 is 0. The Hall–Kier alpha value is -0.730. The van der Waals surface area contributed by atoms with Crippen molar-refractivity contribution in [1.29, 1.82) is 0 Å². The van der Waals surface area contributed by atoms with Crippen LogP contribution in [0.1, 0.15) is 53.4 Å². The predicted molar refractivity (Wildman–Crippen MR) is 58.7 cm³/mol. The third kappa shape index (κ3) is 4.54. The minimum atomic E-state index is -0.521. The molecule has 0 aliphatic heterocycles. The van der Waals surface area contributed by atoms with Crippen molar-refractivity contribution in [2.45, 2.75) is 65.6 Å². The van der Waals surface area contributed by atoms with E-state index in [0.29, 0.717) is 5.41 Å². The summed E-state index contributed by atoms with van der Waals surface area (Å²) in [4.78, 5) is 11.3. The van der Waals surface area contributed by atoms with Crippen LogP contribution in [0.4, 0.5) is 4.79 Å². The fourth-order valence-electron chi connectivity index (χ4n) is 2.09. The molecule has 0 amide bonds. The molecule has 3 heteroatoms. The first-order valence-electron chi connectivity index (χ1n) is 5.76. The summed E-state index contributed by atoms with van der Waals surface area (Å²) in [7, 11) is 0. The molecule has 0 saturated heterocycles. The Morgan fingerprint density at radius 1 is 1.40 bits per heavy atom. The van der Waals surface area contributed by atoms with E-state index in [2.05, 4.69) is 13.8 Å². The molecule has 88 valence electrons. The summed E-state index contributed by atoms with van der Waals surface area (Å²) in [5.74, 6) is 0. The molecule has 0 aromatic rings. The van der Waals surface area contributed by atoms with Gasteiger partial charge in [0.25, 0.3) is 0 Å². The van der Waals surface area contributed by atoms with Gasteiger partial charge in [0.15, 0.2) is 0 Å². The first-order chi connectivity index (χ1) is 6.89. The van der Waals surface area contributed by atoms with Crippen LogP contribution < -0.4 is 0 Å². The molecule has 1 saturated carbocycles. The van der Waals surface area contributed by atoms with Crippen LogP contribution in [0.5, 0.6) is 0 Å². The van der Waals surface area contributed by atoms with Gasteiger partial charge in [0, 0.05) is 0 Å². The number of carbonyl (C=O) groups is 1. The van der Waals surface area contributed by atoms with Crippen LogP contribution in [0, 0.1) is 5.41 Å². The number of hydrogen-bond donors (Lipinski definition) is 0. The lowest BCUT2D eigenvalue weighted by Crippen LogP contribution is -2.30. The van der Waals surface area contributed by atoms with Gasteiger partial charge in [-0.05, 0) is 44.9 Å². The maximum absolute atomic E-state index is 11.3. The van der Waals surface area contributed by atoms with Crippen molar-refractivity contribution >= 4 is 6.16 Å². The zero-order valence-electron chi connectivity index (χ0n) is 10.2. The molecule has 1 aliphatic carbocycles. The van der Waals surface area contributed by atoms with Gasteiger partial charge in [-0.2, -0.15) is 0 Å². The molecule has 1 aliphatic rings. The van der Waals surface area contributed by atoms with E-state index in [4.69, 9.17) is 9.47 Å².